The third-order valence-electron chi connectivity index (χ3n) is 6.06. The van der Waals surface area contributed by atoms with Crippen molar-refractivity contribution in [3.8, 4) is 12.1 Å². The molecule has 0 amide bonds. The fourth-order valence-electron chi connectivity index (χ4n) is 4.42. The third-order valence-corrected chi connectivity index (χ3v) is 6.06. The number of aromatic nitrogens is 2. The molecule has 0 aliphatic heterocycles. The van der Waals surface area contributed by atoms with Gasteiger partial charge in [0.05, 0.1) is 39.7 Å². The summed E-state index contributed by atoms with van der Waals surface area (Å²) >= 11 is 0. The molecule has 0 radical (unpaired) electrons. The summed E-state index contributed by atoms with van der Waals surface area (Å²) in [7, 11) is 8.21. The summed E-state index contributed by atoms with van der Waals surface area (Å²) in [6.07, 6.45) is 1.23. The lowest BCUT2D eigenvalue weighted by Gasteiger charge is -2.25. The first-order valence-corrected chi connectivity index (χ1v) is 12.4. The highest BCUT2D eigenvalue weighted by molar-refractivity contribution is 5.89. The average molecular weight is 512 g/mol. The molecule has 0 atom stereocenters. The van der Waals surface area contributed by atoms with Crippen molar-refractivity contribution >= 4 is 33.7 Å². The van der Waals surface area contributed by atoms with Gasteiger partial charge in [0.15, 0.2) is 0 Å². The van der Waals surface area contributed by atoms with E-state index >= 15 is 0 Å². The van der Waals surface area contributed by atoms with Crippen LogP contribution in [0.15, 0.2) is 57.9 Å². The monoisotopic (exact) mass is 511 g/mol. The van der Waals surface area contributed by atoms with Gasteiger partial charge >= 0.3 is 0 Å². The normalized spacial score (nSPS) is 12.5. The molecule has 9 heteroatoms. The van der Waals surface area contributed by atoms with Crippen LogP contribution < -0.4 is 15.4 Å². The Hall–Kier alpha value is -4.37. The molecule has 0 fully saturated rings. The zero-order valence-electron chi connectivity index (χ0n) is 24.1. The Kier molecular flexibility index (Phi) is 7.83. The van der Waals surface area contributed by atoms with E-state index in [9.17, 15) is 5.26 Å². The predicted molar refractivity (Wildman–Crippen MR) is 154 cm³/mol. The number of nitriles is 2. The maximum atomic E-state index is 9.25. The number of hydrogen-bond acceptors (Lipinski definition) is 6. The smallest absolute Gasteiger partial charge is 0.233 e. The molecule has 0 aliphatic rings. The summed E-state index contributed by atoms with van der Waals surface area (Å²) in [6.45, 7) is 12.9. The molecule has 1 heterocycles. The van der Waals surface area contributed by atoms with E-state index in [4.69, 9.17) is 5.26 Å². The van der Waals surface area contributed by atoms with Gasteiger partial charge in [-0.05, 0) is 76.6 Å². The zero-order valence-corrected chi connectivity index (χ0v) is 24.1. The first-order valence-electron chi connectivity index (χ1n) is 12.4. The molecule has 38 heavy (non-hydrogen) atoms. The highest BCUT2D eigenvalue weighted by Gasteiger charge is 2.28. The van der Waals surface area contributed by atoms with E-state index in [0.717, 1.165) is 22.4 Å². The van der Waals surface area contributed by atoms with Crippen LogP contribution in [0.4, 0.5) is 17.1 Å². The molecule has 0 N–H and O–H groups in total. The lowest BCUT2D eigenvalue weighted by molar-refractivity contribution is 0.342. The summed E-state index contributed by atoms with van der Waals surface area (Å²) in [5, 5.41) is 31.4. The average Bonchev–Trinajstić information content (AvgIpc) is 3.16. The van der Waals surface area contributed by atoms with Gasteiger partial charge in [0, 0.05) is 45.3 Å². The molecule has 3 aromatic rings. The molecule has 0 saturated heterocycles. The minimum atomic E-state index is -0.283. The van der Waals surface area contributed by atoms with Crippen LogP contribution in [-0.4, -0.2) is 37.3 Å². The van der Waals surface area contributed by atoms with Gasteiger partial charge in [-0.2, -0.15) is 10.5 Å². The highest BCUT2D eigenvalue weighted by Crippen LogP contribution is 2.35. The van der Waals surface area contributed by atoms with Gasteiger partial charge in [-0.25, -0.2) is 0 Å². The second-order valence-corrected chi connectivity index (χ2v) is 11.6. The van der Waals surface area contributed by atoms with Crippen LogP contribution >= 0.6 is 0 Å². The van der Waals surface area contributed by atoms with Gasteiger partial charge in [-0.1, -0.05) is 17.2 Å². The second kappa shape index (κ2) is 10.5. The van der Waals surface area contributed by atoms with E-state index in [1.165, 1.54) is 6.08 Å². The Morgan fingerprint density at radius 1 is 0.816 bits per heavy atom. The zero-order chi connectivity index (χ0) is 28.4. The molecule has 3 rings (SSSR count). The molecular formula is C29H37N9. The van der Waals surface area contributed by atoms with Crippen LogP contribution in [0, 0.1) is 22.7 Å². The molecule has 0 aliphatic carbocycles. The topological polar surface area (TPSA) is 101 Å². The van der Waals surface area contributed by atoms with Crippen LogP contribution in [0.2, 0.25) is 0 Å². The van der Waals surface area contributed by atoms with E-state index in [1.54, 1.807) is 24.3 Å². The minimum absolute atomic E-state index is 0.283. The number of hydrogen-bond donors (Lipinski definition) is 0. The Balaban J connectivity index is 2.29. The lowest BCUT2D eigenvalue weighted by atomic mass is 10.1. The van der Waals surface area contributed by atoms with Gasteiger partial charge in [0.25, 0.3) is 0 Å². The van der Waals surface area contributed by atoms with Crippen molar-refractivity contribution in [3.05, 3.63) is 53.7 Å². The Morgan fingerprint density at radius 3 is 1.66 bits per heavy atom. The maximum absolute atomic E-state index is 9.25. The molecule has 1 aromatic heterocycles. The molecule has 0 bridgehead atoms. The summed E-state index contributed by atoms with van der Waals surface area (Å²) < 4.78 is 4.43. The van der Waals surface area contributed by atoms with Crippen molar-refractivity contribution in [1.29, 1.82) is 10.5 Å². The first-order chi connectivity index (χ1) is 17.7. The standard InChI is InChI=1S/C29H37N9/c1-28(2,3)37-25-17-23(35(7)8)24(36(9)10)18-26(25)38(29(4,5)6)27(37)33-34-32-22-13-11-20(12-14-22)21(19-31)15-16-30/h11-15,17-18H,1-10H3/b21-15+,34-32?. The van der Waals surface area contributed by atoms with Crippen molar-refractivity contribution in [1.82, 2.24) is 9.13 Å². The number of anilines is 2. The molecule has 9 nitrogen and oxygen atoms in total. The maximum Gasteiger partial charge on any atom is 0.233 e. The van der Waals surface area contributed by atoms with Crippen LogP contribution in [0.5, 0.6) is 0 Å². The van der Waals surface area contributed by atoms with Gasteiger partial charge < -0.3 is 18.9 Å². The number of fused-ring (bicyclic) bond motifs is 1. The van der Waals surface area contributed by atoms with E-state index < -0.39 is 0 Å². The van der Waals surface area contributed by atoms with Crippen LogP contribution in [0.3, 0.4) is 0 Å². The molecule has 198 valence electrons. The van der Waals surface area contributed by atoms with E-state index in [0.29, 0.717) is 22.4 Å². The van der Waals surface area contributed by atoms with Crippen molar-refractivity contribution < 1.29 is 0 Å². The first kappa shape index (κ1) is 28.2. The predicted octanol–water partition coefficient (Wildman–Crippen LogP) is 6.11. The summed E-state index contributed by atoms with van der Waals surface area (Å²) in [5.74, 6) is 0. The van der Waals surface area contributed by atoms with Crippen molar-refractivity contribution in [2.24, 2.45) is 15.4 Å². The third kappa shape index (κ3) is 5.63. The second-order valence-electron chi connectivity index (χ2n) is 11.6. The molecule has 2 aromatic carbocycles. The van der Waals surface area contributed by atoms with E-state index in [1.807, 2.05) is 12.1 Å². The van der Waals surface area contributed by atoms with Crippen molar-refractivity contribution in [2.45, 2.75) is 52.6 Å². The van der Waals surface area contributed by atoms with Gasteiger partial charge in [-0.3, -0.25) is 0 Å². The number of rotatable bonds is 5. The highest BCUT2D eigenvalue weighted by atomic mass is 15.4. The largest absolute Gasteiger partial charge is 0.376 e. The van der Waals surface area contributed by atoms with Crippen LogP contribution in [0.25, 0.3) is 16.6 Å². The number of imidazole rings is 1. The Bertz CT molecular complexity index is 1470. The number of allylic oxidation sites excluding steroid dienone is 2. The molecule has 0 unspecified atom stereocenters. The number of benzene rings is 2. The van der Waals surface area contributed by atoms with E-state index in [2.05, 4.69) is 116 Å². The minimum Gasteiger partial charge on any atom is -0.376 e. The SMILES string of the molecule is CN(C)c1cc2c(cc1N(C)C)n(C(C)(C)C)c(=NN=Nc1ccc(/C(C#N)=C/C#N)cc1)n2C(C)(C)C. The van der Waals surface area contributed by atoms with Gasteiger partial charge in [0.1, 0.15) is 6.07 Å². The van der Waals surface area contributed by atoms with Crippen LogP contribution in [-0.2, 0) is 11.1 Å². The molecule has 0 spiro atoms. The van der Waals surface area contributed by atoms with Gasteiger partial charge in [0.2, 0.25) is 5.62 Å². The van der Waals surface area contributed by atoms with Crippen LogP contribution in [0.1, 0.15) is 47.1 Å². The summed E-state index contributed by atoms with van der Waals surface area (Å²) in [5.41, 5.74) is 6.03. The lowest BCUT2D eigenvalue weighted by Crippen LogP contribution is -2.40. The van der Waals surface area contributed by atoms with Gasteiger partial charge in [-0.15, -0.1) is 5.11 Å². The molecular weight excluding hydrogens is 474 g/mol. The fraction of sp³-hybridized carbons (Fsp3) is 0.414. The Morgan fingerprint density at radius 2 is 1.29 bits per heavy atom. The van der Waals surface area contributed by atoms with Crippen molar-refractivity contribution in [2.75, 3.05) is 38.0 Å². The quantitative estimate of drug-likeness (QED) is 0.234. The summed E-state index contributed by atoms with van der Waals surface area (Å²) in [6, 6.07) is 15.4. The Labute approximate surface area is 225 Å². The summed E-state index contributed by atoms with van der Waals surface area (Å²) in [4.78, 5) is 4.25. The number of nitrogens with zero attached hydrogens (tertiary/aromatic N) is 9. The fourth-order valence-corrected chi connectivity index (χ4v) is 4.42. The molecule has 0 saturated carbocycles. The van der Waals surface area contributed by atoms with E-state index in [-0.39, 0.29) is 11.1 Å². The van der Waals surface area contributed by atoms with Crippen molar-refractivity contribution in [3.63, 3.8) is 0 Å².